The molecule has 0 saturated carbocycles. The maximum absolute atomic E-state index is 12.4. The molecule has 0 unspecified atom stereocenters. The Labute approximate surface area is 178 Å². The van der Waals surface area contributed by atoms with Crippen LogP contribution < -0.4 is 5.32 Å². The van der Waals surface area contributed by atoms with Gasteiger partial charge >= 0.3 is 0 Å². The number of halogens is 2. The second-order valence-corrected chi connectivity index (χ2v) is 8.45. The molecule has 0 aliphatic carbocycles. The molecule has 0 aliphatic heterocycles. The van der Waals surface area contributed by atoms with Gasteiger partial charge in [-0.25, -0.2) is 0 Å². The molecule has 0 spiro atoms. The number of hydrogen-bond donors (Lipinski definition) is 1. The predicted molar refractivity (Wildman–Crippen MR) is 119 cm³/mol. The second kappa shape index (κ2) is 8.48. The summed E-state index contributed by atoms with van der Waals surface area (Å²) >= 11 is 8.48. The van der Waals surface area contributed by atoms with Crippen molar-refractivity contribution >= 4 is 40.1 Å². The van der Waals surface area contributed by atoms with Crippen molar-refractivity contribution < 1.29 is 9.21 Å². The number of rotatable bonds is 5. The molecule has 3 aromatic rings. The third-order valence-electron chi connectivity index (χ3n) is 4.21. The molecular formula is C22H21ClINO2. The monoisotopic (exact) mass is 493 g/mol. The van der Waals surface area contributed by atoms with Gasteiger partial charge in [0.2, 0.25) is 5.91 Å². The van der Waals surface area contributed by atoms with Crippen LogP contribution in [-0.2, 0) is 11.2 Å². The van der Waals surface area contributed by atoms with Gasteiger partial charge in [-0.15, -0.1) is 0 Å². The van der Waals surface area contributed by atoms with Crippen molar-refractivity contribution in [3.05, 3.63) is 68.4 Å². The molecule has 0 fully saturated rings. The molecule has 0 aliphatic rings. The van der Waals surface area contributed by atoms with Gasteiger partial charge in [-0.1, -0.05) is 35.9 Å². The molecule has 1 heterocycles. The molecule has 1 aromatic heterocycles. The van der Waals surface area contributed by atoms with Gasteiger partial charge in [0.05, 0.1) is 6.42 Å². The Morgan fingerprint density at radius 1 is 1.15 bits per heavy atom. The Bertz CT molecular complexity index is 961. The van der Waals surface area contributed by atoms with Gasteiger partial charge < -0.3 is 9.73 Å². The normalized spacial score (nSPS) is 11.0. The summed E-state index contributed by atoms with van der Waals surface area (Å²) in [4.78, 5) is 12.4. The summed E-state index contributed by atoms with van der Waals surface area (Å²) in [5, 5.41) is 3.59. The first kappa shape index (κ1) is 20.0. The molecule has 5 heteroatoms. The minimum Gasteiger partial charge on any atom is -0.460 e. The summed E-state index contributed by atoms with van der Waals surface area (Å²) in [5.74, 6) is 1.38. The van der Waals surface area contributed by atoms with E-state index >= 15 is 0 Å². The van der Waals surface area contributed by atoms with Crippen molar-refractivity contribution in [3.8, 4) is 22.5 Å². The Morgan fingerprint density at radius 3 is 2.48 bits per heavy atom. The average molecular weight is 494 g/mol. The number of benzene rings is 2. The quantitative estimate of drug-likeness (QED) is 0.427. The SMILES string of the molecule is Cc1c(-c2ccc(I)cc2)oc(CC(=O)NC(C)C)c1-c1cccc(Cl)c1. The largest absolute Gasteiger partial charge is 0.460 e. The number of amides is 1. The van der Waals surface area contributed by atoms with Gasteiger partial charge in [-0.2, -0.15) is 0 Å². The molecule has 0 bridgehead atoms. The molecule has 27 heavy (non-hydrogen) atoms. The Morgan fingerprint density at radius 2 is 1.85 bits per heavy atom. The van der Waals surface area contributed by atoms with E-state index in [1.807, 2.05) is 69.3 Å². The van der Waals surface area contributed by atoms with E-state index in [4.69, 9.17) is 16.0 Å². The molecule has 1 amide bonds. The fourth-order valence-electron chi connectivity index (χ4n) is 3.11. The maximum Gasteiger partial charge on any atom is 0.227 e. The lowest BCUT2D eigenvalue weighted by Gasteiger charge is -2.08. The van der Waals surface area contributed by atoms with Crippen molar-refractivity contribution in [2.45, 2.75) is 33.2 Å². The summed E-state index contributed by atoms with van der Waals surface area (Å²) in [6.07, 6.45) is 0.186. The fourth-order valence-corrected chi connectivity index (χ4v) is 3.66. The molecular weight excluding hydrogens is 473 g/mol. The highest BCUT2D eigenvalue weighted by Gasteiger charge is 2.22. The van der Waals surface area contributed by atoms with E-state index in [1.165, 1.54) is 0 Å². The number of furan rings is 1. The van der Waals surface area contributed by atoms with Gasteiger partial charge in [0.15, 0.2) is 0 Å². The van der Waals surface area contributed by atoms with E-state index in [9.17, 15) is 4.79 Å². The Kier molecular flexibility index (Phi) is 6.27. The van der Waals surface area contributed by atoms with Crippen molar-refractivity contribution in [1.29, 1.82) is 0 Å². The van der Waals surface area contributed by atoms with Crippen molar-refractivity contribution in [2.75, 3.05) is 0 Å². The third kappa shape index (κ3) is 4.74. The molecule has 140 valence electrons. The summed E-state index contributed by atoms with van der Waals surface area (Å²) in [7, 11) is 0. The minimum absolute atomic E-state index is 0.0591. The van der Waals surface area contributed by atoms with E-state index in [2.05, 4.69) is 27.9 Å². The zero-order valence-corrected chi connectivity index (χ0v) is 18.4. The van der Waals surface area contributed by atoms with Crippen LogP contribution in [0.4, 0.5) is 0 Å². The van der Waals surface area contributed by atoms with Crippen LogP contribution in [0.2, 0.25) is 5.02 Å². The molecule has 3 nitrogen and oxygen atoms in total. The fraction of sp³-hybridized carbons (Fsp3) is 0.227. The van der Waals surface area contributed by atoms with Crippen LogP contribution in [0, 0.1) is 10.5 Å². The molecule has 0 saturated heterocycles. The molecule has 3 rings (SSSR count). The number of carbonyl (C=O) groups is 1. The lowest BCUT2D eigenvalue weighted by atomic mass is 9.98. The van der Waals surface area contributed by atoms with Crippen LogP contribution in [0.1, 0.15) is 25.2 Å². The standard InChI is InChI=1S/C22H21ClINO2/c1-13(2)25-20(26)12-19-21(16-5-4-6-17(23)11-16)14(3)22(27-19)15-7-9-18(24)10-8-15/h4-11,13H,12H2,1-3H3,(H,25,26). The van der Waals surface area contributed by atoms with Gasteiger partial charge in [0, 0.05) is 31.3 Å². The topological polar surface area (TPSA) is 42.2 Å². The van der Waals surface area contributed by atoms with Gasteiger partial charge in [0.1, 0.15) is 11.5 Å². The number of nitrogens with one attached hydrogen (secondary N) is 1. The van der Waals surface area contributed by atoms with Crippen LogP contribution in [0.25, 0.3) is 22.5 Å². The van der Waals surface area contributed by atoms with E-state index in [0.29, 0.717) is 10.8 Å². The first-order valence-electron chi connectivity index (χ1n) is 8.78. The lowest BCUT2D eigenvalue weighted by molar-refractivity contribution is -0.121. The second-order valence-electron chi connectivity index (χ2n) is 6.77. The third-order valence-corrected chi connectivity index (χ3v) is 5.16. The summed E-state index contributed by atoms with van der Waals surface area (Å²) in [5.41, 5.74) is 3.88. The van der Waals surface area contributed by atoms with Crippen molar-refractivity contribution in [2.24, 2.45) is 0 Å². The van der Waals surface area contributed by atoms with Gasteiger partial charge in [-0.05, 0) is 73.2 Å². The smallest absolute Gasteiger partial charge is 0.227 e. The maximum atomic E-state index is 12.4. The van der Waals surface area contributed by atoms with Gasteiger partial charge in [-0.3, -0.25) is 4.79 Å². The summed E-state index contributed by atoms with van der Waals surface area (Å²) in [6, 6.07) is 15.9. The number of hydrogen-bond acceptors (Lipinski definition) is 2. The average Bonchev–Trinajstić information content (AvgIpc) is 2.91. The number of carbonyl (C=O) groups excluding carboxylic acids is 1. The zero-order valence-electron chi connectivity index (χ0n) is 15.5. The molecule has 1 N–H and O–H groups in total. The highest BCUT2D eigenvalue weighted by atomic mass is 127. The summed E-state index contributed by atoms with van der Waals surface area (Å²) < 4.78 is 7.37. The first-order valence-corrected chi connectivity index (χ1v) is 10.2. The van der Waals surface area contributed by atoms with Crippen LogP contribution in [0.3, 0.4) is 0 Å². The predicted octanol–water partition coefficient (Wildman–Crippen LogP) is 6.25. The van der Waals surface area contributed by atoms with Crippen molar-refractivity contribution in [3.63, 3.8) is 0 Å². The van der Waals surface area contributed by atoms with Gasteiger partial charge in [0.25, 0.3) is 0 Å². The molecule has 0 radical (unpaired) electrons. The lowest BCUT2D eigenvalue weighted by Crippen LogP contribution is -2.31. The zero-order chi connectivity index (χ0) is 19.6. The van der Waals surface area contributed by atoms with E-state index in [0.717, 1.165) is 31.6 Å². The highest BCUT2D eigenvalue weighted by molar-refractivity contribution is 14.1. The van der Waals surface area contributed by atoms with Crippen molar-refractivity contribution in [1.82, 2.24) is 5.32 Å². The van der Waals surface area contributed by atoms with E-state index < -0.39 is 0 Å². The molecule has 0 atom stereocenters. The van der Waals surface area contributed by atoms with Crippen LogP contribution in [0.5, 0.6) is 0 Å². The Balaban J connectivity index is 2.10. The van der Waals surface area contributed by atoms with E-state index in [1.54, 1.807) is 0 Å². The van der Waals surface area contributed by atoms with Crippen LogP contribution in [0.15, 0.2) is 52.9 Å². The van der Waals surface area contributed by atoms with E-state index in [-0.39, 0.29) is 18.4 Å². The summed E-state index contributed by atoms with van der Waals surface area (Å²) in [6.45, 7) is 5.91. The Hall–Kier alpha value is -1.79. The highest BCUT2D eigenvalue weighted by Crippen LogP contribution is 2.38. The van der Waals surface area contributed by atoms with Crippen LogP contribution >= 0.6 is 34.2 Å². The first-order chi connectivity index (χ1) is 12.8. The minimum atomic E-state index is -0.0591. The van der Waals surface area contributed by atoms with Crippen LogP contribution in [-0.4, -0.2) is 11.9 Å². The molecule has 2 aromatic carbocycles.